The van der Waals surface area contributed by atoms with Gasteiger partial charge in [-0.25, -0.2) is 4.79 Å². The van der Waals surface area contributed by atoms with Crippen molar-refractivity contribution >= 4 is 23.8 Å². The van der Waals surface area contributed by atoms with Crippen molar-refractivity contribution in [2.45, 2.75) is 77.1 Å². The van der Waals surface area contributed by atoms with Crippen LogP contribution in [0, 0.1) is 0 Å². The summed E-state index contributed by atoms with van der Waals surface area (Å²) in [6.45, 7) is 15.3. The lowest BCUT2D eigenvalue weighted by Crippen LogP contribution is -2.68. The number of amides is 2. The van der Waals surface area contributed by atoms with Gasteiger partial charge in [-0.15, -0.1) is 11.8 Å². The van der Waals surface area contributed by atoms with E-state index in [2.05, 4.69) is 0 Å². The van der Waals surface area contributed by atoms with E-state index >= 15 is 0 Å². The summed E-state index contributed by atoms with van der Waals surface area (Å²) in [6.07, 6.45) is -0.0638. The first kappa shape index (κ1) is 20.4. The van der Waals surface area contributed by atoms with E-state index in [-0.39, 0.29) is 28.6 Å². The van der Waals surface area contributed by atoms with Crippen LogP contribution < -0.4 is 0 Å². The second-order valence-corrected chi connectivity index (χ2v) is 10.4. The molecule has 2 fully saturated rings. The van der Waals surface area contributed by atoms with E-state index in [0.29, 0.717) is 19.5 Å². The van der Waals surface area contributed by atoms with Gasteiger partial charge < -0.3 is 19.3 Å². The standard InChI is InChI=1S/C18H32N2O4S/c1-13(23-16(2,3)4)10-14(21)20-8-9-25-18(20)11-19(12-18)15(22)24-17(5,6)7/h13H,8-12H2,1-7H3/t13-/m1/s1. The van der Waals surface area contributed by atoms with Crippen molar-refractivity contribution in [3.8, 4) is 0 Å². The molecule has 0 N–H and O–H groups in total. The summed E-state index contributed by atoms with van der Waals surface area (Å²) >= 11 is 1.76. The monoisotopic (exact) mass is 372 g/mol. The molecule has 0 saturated carbocycles. The molecule has 2 aliphatic heterocycles. The van der Waals surface area contributed by atoms with Gasteiger partial charge >= 0.3 is 6.09 Å². The lowest BCUT2D eigenvalue weighted by molar-refractivity contribution is -0.143. The molecule has 0 aliphatic carbocycles. The first-order valence-corrected chi connectivity index (χ1v) is 9.90. The molecule has 2 aliphatic rings. The number of likely N-dealkylation sites (tertiary alicyclic amines) is 1. The van der Waals surface area contributed by atoms with E-state index in [1.54, 1.807) is 16.7 Å². The third kappa shape index (κ3) is 5.26. The van der Waals surface area contributed by atoms with E-state index in [9.17, 15) is 9.59 Å². The minimum atomic E-state index is -0.502. The van der Waals surface area contributed by atoms with Gasteiger partial charge in [0.2, 0.25) is 5.91 Å². The smallest absolute Gasteiger partial charge is 0.410 e. The van der Waals surface area contributed by atoms with E-state index in [1.165, 1.54) is 0 Å². The Morgan fingerprint density at radius 3 is 2.24 bits per heavy atom. The topological polar surface area (TPSA) is 59.1 Å². The number of rotatable bonds is 3. The van der Waals surface area contributed by atoms with Crippen LogP contribution in [0.2, 0.25) is 0 Å². The minimum absolute atomic E-state index is 0.102. The predicted octanol–water partition coefficient (Wildman–Crippen LogP) is 3.10. The molecule has 0 unspecified atom stereocenters. The maximum Gasteiger partial charge on any atom is 0.410 e. The summed E-state index contributed by atoms with van der Waals surface area (Å²) in [5, 5.41) is 0. The Labute approximate surface area is 155 Å². The molecule has 0 aromatic heterocycles. The zero-order valence-electron chi connectivity index (χ0n) is 16.5. The van der Waals surface area contributed by atoms with Gasteiger partial charge in [0, 0.05) is 12.3 Å². The quantitative estimate of drug-likeness (QED) is 0.762. The van der Waals surface area contributed by atoms with Crippen LogP contribution in [-0.4, -0.2) is 69.4 Å². The average Bonchev–Trinajstić information content (AvgIpc) is 2.76. The molecule has 2 amide bonds. The van der Waals surface area contributed by atoms with Crippen molar-refractivity contribution in [3.05, 3.63) is 0 Å². The maximum atomic E-state index is 12.8. The Hall–Kier alpha value is -0.950. The van der Waals surface area contributed by atoms with Crippen molar-refractivity contribution in [1.82, 2.24) is 9.80 Å². The Kier molecular flexibility index (Phi) is 5.69. The molecule has 1 atom stereocenters. The molecule has 0 radical (unpaired) electrons. The molecule has 2 saturated heterocycles. The molecule has 0 bridgehead atoms. The molecule has 0 aromatic carbocycles. The van der Waals surface area contributed by atoms with Gasteiger partial charge in [-0.2, -0.15) is 0 Å². The largest absolute Gasteiger partial charge is 0.444 e. The lowest BCUT2D eigenvalue weighted by atomic mass is 10.1. The fraction of sp³-hybridized carbons (Fsp3) is 0.889. The van der Waals surface area contributed by atoms with Gasteiger partial charge in [-0.05, 0) is 48.5 Å². The number of hydrogen-bond acceptors (Lipinski definition) is 5. The van der Waals surface area contributed by atoms with Crippen LogP contribution in [0.25, 0.3) is 0 Å². The molecule has 1 spiro atoms. The highest BCUT2D eigenvalue weighted by Gasteiger charge is 2.55. The van der Waals surface area contributed by atoms with Crippen LogP contribution in [0.3, 0.4) is 0 Å². The summed E-state index contributed by atoms with van der Waals surface area (Å²) in [6, 6.07) is 0. The van der Waals surface area contributed by atoms with Crippen molar-refractivity contribution in [3.63, 3.8) is 0 Å². The molecule has 25 heavy (non-hydrogen) atoms. The van der Waals surface area contributed by atoms with Crippen LogP contribution in [0.5, 0.6) is 0 Å². The second-order valence-electron chi connectivity index (χ2n) is 8.92. The number of carbonyl (C=O) groups excluding carboxylic acids is 2. The summed E-state index contributed by atoms with van der Waals surface area (Å²) < 4.78 is 11.3. The number of ether oxygens (including phenoxy) is 2. The zero-order chi connectivity index (χ0) is 19.0. The molecule has 6 nitrogen and oxygen atoms in total. The van der Waals surface area contributed by atoms with Gasteiger partial charge in [0.25, 0.3) is 0 Å². The zero-order valence-corrected chi connectivity index (χ0v) is 17.4. The van der Waals surface area contributed by atoms with E-state index in [4.69, 9.17) is 9.47 Å². The summed E-state index contributed by atoms with van der Waals surface area (Å²) in [5.41, 5.74) is -0.765. The summed E-state index contributed by atoms with van der Waals surface area (Å²) in [4.78, 5) is 28.2. The van der Waals surface area contributed by atoms with Gasteiger partial charge in [-0.1, -0.05) is 0 Å². The van der Waals surface area contributed by atoms with Crippen LogP contribution in [-0.2, 0) is 14.3 Å². The molecular weight excluding hydrogens is 340 g/mol. The molecule has 0 aromatic rings. The van der Waals surface area contributed by atoms with Gasteiger partial charge in [0.05, 0.1) is 31.2 Å². The Morgan fingerprint density at radius 2 is 1.72 bits per heavy atom. The summed E-state index contributed by atoms with van der Waals surface area (Å²) in [7, 11) is 0. The van der Waals surface area contributed by atoms with Crippen LogP contribution in [0.15, 0.2) is 0 Å². The Balaban J connectivity index is 1.91. The first-order valence-electron chi connectivity index (χ1n) is 8.91. The SMILES string of the molecule is C[C@H](CC(=O)N1CCSC12CN(C(=O)OC(C)(C)C)C2)OC(C)(C)C. The van der Waals surface area contributed by atoms with Crippen LogP contribution >= 0.6 is 11.8 Å². The summed E-state index contributed by atoms with van der Waals surface area (Å²) in [5.74, 6) is 1.01. The average molecular weight is 373 g/mol. The van der Waals surface area contributed by atoms with E-state index in [0.717, 1.165) is 12.3 Å². The fourth-order valence-electron chi connectivity index (χ4n) is 3.23. The fourth-order valence-corrected chi connectivity index (χ4v) is 4.73. The van der Waals surface area contributed by atoms with Gasteiger partial charge in [0.1, 0.15) is 10.5 Å². The molecular formula is C18H32N2O4S. The second kappa shape index (κ2) is 6.99. The van der Waals surface area contributed by atoms with Crippen LogP contribution in [0.4, 0.5) is 4.79 Å². The highest BCUT2D eigenvalue weighted by atomic mass is 32.2. The third-order valence-electron chi connectivity index (χ3n) is 4.02. The minimum Gasteiger partial charge on any atom is -0.444 e. The van der Waals surface area contributed by atoms with E-state index in [1.807, 2.05) is 53.4 Å². The van der Waals surface area contributed by atoms with Crippen molar-refractivity contribution < 1.29 is 19.1 Å². The van der Waals surface area contributed by atoms with Gasteiger partial charge in [0.15, 0.2) is 0 Å². The number of thioether (sulfide) groups is 1. The molecule has 2 rings (SSSR count). The number of hydrogen-bond donors (Lipinski definition) is 0. The lowest BCUT2D eigenvalue weighted by Gasteiger charge is -2.51. The normalized spacial score (nSPS) is 21.2. The predicted molar refractivity (Wildman–Crippen MR) is 99.6 cm³/mol. The van der Waals surface area contributed by atoms with Crippen molar-refractivity contribution in [2.75, 3.05) is 25.4 Å². The van der Waals surface area contributed by atoms with Gasteiger partial charge in [-0.3, -0.25) is 4.79 Å². The number of carbonyl (C=O) groups is 2. The van der Waals surface area contributed by atoms with Crippen molar-refractivity contribution in [1.29, 1.82) is 0 Å². The number of nitrogens with zero attached hydrogens (tertiary/aromatic N) is 2. The maximum absolute atomic E-state index is 12.8. The first-order chi connectivity index (χ1) is 11.3. The Bertz CT molecular complexity index is 518. The third-order valence-corrected chi connectivity index (χ3v) is 5.43. The highest BCUT2D eigenvalue weighted by Crippen LogP contribution is 2.44. The van der Waals surface area contributed by atoms with Crippen molar-refractivity contribution in [2.24, 2.45) is 0 Å². The Morgan fingerprint density at radius 1 is 1.12 bits per heavy atom. The molecule has 2 heterocycles. The molecule has 144 valence electrons. The van der Waals surface area contributed by atoms with E-state index < -0.39 is 5.60 Å². The molecule has 7 heteroatoms. The van der Waals surface area contributed by atoms with Crippen LogP contribution in [0.1, 0.15) is 54.9 Å². The highest BCUT2D eigenvalue weighted by molar-refractivity contribution is 8.01.